The maximum Gasteiger partial charge on any atom is 0.328 e. The number of benzene rings is 1. The minimum absolute atomic E-state index is 0.132. The number of amides is 1. The topological polar surface area (TPSA) is 75.6 Å². The average molecular weight is 275 g/mol. The lowest BCUT2D eigenvalue weighted by Gasteiger charge is -2.11. The molecule has 1 aromatic carbocycles. The number of para-hydroxylation sites is 1. The van der Waals surface area contributed by atoms with Crippen molar-refractivity contribution in [3.05, 3.63) is 48.1 Å². The first-order chi connectivity index (χ1) is 9.54. The molecule has 0 aromatic heterocycles. The van der Waals surface area contributed by atoms with Crippen molar-refractivity contribution in [2.24, 2.45) is 0 Å². The van der Waals surface area contributed by atoms with E-state index in [1.165, 1.54) is 6.08 Å². The van der Waals surface area contributed by atoms with Gasteiger partial charge in [-0.25, -0.2) is 4.79 Å². The molecule has 0 aliphatic carbocycles. The number of rotatable bonds is 7. The number of nitrogens with one attached hydrogen (secondary N) is 1. The van der Waals surface area contributed by atoms with Crippen LogP contribution in [0.1, 0.15) is 11.1 Å². The predicted octanol–water partition coefficient (Wildman–Crippen LogP) is 1.77. The molecule has 0 radical (unpaired) electrons. The Morgan fingerprint density at radius 3 is 2.85 bits per heavy atom. The Kier molecular flexibility index (Phi) is 6.03. The van der Waals surface area contributed by atoms with Crippen LogP contribution in [0.15, 0.2) is 36.9 Å². The van der Waals surface area contributed by atoms with Crippen LogP contribution in [0.4, 0.5) is 0 Å². The molecule has 0 fully saturated rings. The highest BCUT2D eigenvalue weighted by Crippen LogP contribution is 2.24. The van der Waals surface area contributed by atoms with Gasteiger partial charge in [-0.2, -0.15) is 0 Å². The molecular weight excluding hydrogens is 258 g/mol. The molecule has 1 rings (SSSR count). The van der Waals surface area contributed by atoms with Crippen LogP contribution in [0.5, 0.6) is 5.75 Å². The van der Waals surface area contributed by atoms with Gasteiger partial charge in [0, 0.05) is 18.2 Å². The highest BCUT2D eigenvalue weighted by molar-refractivity contribution is 5.86. The van der Waals surface area contributed by atoms with Crippen molar-refractivity contribution in [3.63, 3.8) is 0 Å². The molecule has 5 heteroatoms. The first kappa shape index (κ1) is 15.5. The largest absolute Gasteiger partial charge is 0.483 e. The van der Waals surface area contributed by atoms with Gasteiger partial charge in [0.05, 0.1) is 0 Å². The van der Waals surface area contributed by atoms with Crippen molar-refractivity contribution in [2.75, 3.05) is 13.2 Å². The van der Waals surface area contributed by atoms with E-state index in [0.29, 0.717) is 17.9 Å². The second-order valence-electron chi connectivity index (χ2n) is 4.05. The summed E-state index contributed by atoms with van der Waals surface area (Å²) >= 11 is 0. The summed E-state index contributed by atoms with van der Waals surface area (Å²) in [4.78, 5) is 22.0. The lowest BCUT2D eigenvalue weighted by atomic mass is 10.1. The van der Waals surface area contributed by atoms with Crippen LogP contribution in [0.3, 0.4) is 0 Å². The second-order valence-corrected chi connectivity index (χ2v) is 4.05. The van der Waals surface area contributed by atoms with E-state index in [1.54, 1.807) is 18.2 Å². The highest BCUT2D eigenvalue weighted by Gasteiger charge is 2.07. The van der Waals surface area contributed by atoms with E-state index in [1.807, 2.05) is 13.0 Å². The molecule has 0 spiro atoms. The SMILES string of the molecule is C=CCNC(=O)COc1c(C)cccc1/C=C/C(=O)O. The van der Waals surface area contributed by atoms with Crippen LogP contribution in [0.2, 0.25) is 0 Å². The first-order valence-corrected chi connectivity index (χ1v) is 6.05. The van der Waals surface area contributed by atoms with Gasteiger partial charge in [0.15, 0.2) is 6.61 Å². The minimum Gasteiger partial charge on any atom is -0.483 e. The van der Waals surface area contributed by atoms with E-state index < -0.39 is 5.97 Å². The summed E-state index contributed by atoms with van der Waals surface area (Å²) in [5, 5.41) is 11.2. The summed E-state index contributed by atoms with van der Waals surface area (Å²) in [5.41, 5.74) is 1.44. The Bertz CT molecular complexity index is 535. The fraction of sp³-hybridized carbons (Fsp3) is 0.200. The van der Waals surface area contributed by atoms with Crippen molar-refractivity contribution in [1.82, 2.24) is 5.32 Å². The molecular formula is C15H17NO4. The molecule has 0 atom stereocenters. The van der Waals surface area contributed by atoms with Crippen molar-refractivity contribution in [1.29, 1.82) is 0 Å². The number of carboxylic acids is 1. The van der Waals surface area contributed by atoms with Crippen molar-refractivity contribution in [3.8, 4) is 5.75 Å². The lowest BCUT2D eigenvalue weighted by molar-refractivity contribution is -0.131. The number of aliphatic carboxylic acids is 1. The van der Waals surface area contributed by atoms with Gasteiger partial charge in [-0.15, -0.1) is 6.58 Å². The molecule has 20 heavy (non-hydrogen) atoms. The quantitative estimate of drug-likeness (QED) is 0.587. The summed E-state index contributed by atoms with van der Waals surface area (Å²) in [6.45, 7) is 5.57. The van der Waals surface area contributed by atoms with E-state index in [2.05, 4.69) is 11.9 Å². The Hall–Kier alpha value is -2.56. The third-order valence-corrected chi connectivity index (χ3v) is 2.44. The van der Waals surface area contributed by atoms with Gasteiger partial charge in [0.2, 0.25) is 0 Å². The normalized spacial score (nSPS) is 10.2. The highest BCUT2D eigenvalue weighted by atomic mass is 16.5. The van der Waals surface area contributed by atoms with Gasteiger partial charge < -0.3 is 15.2 Å². The summed E-state index contributed by atoms with van der Waals surface area (Å²) < 4.78 is 5.47. The third-order valence-electron chi connectivity index (χ3n) is 2.44. The monoisotopic (exact) mass is 275 g/mol. The summed E-state index contributed by atoms with van der Waals surface area (Å²) in [7, 11) is 0. The molecule has 0 aliphatic heterocycles. The molecule has 0 bridgehead atoms. The van der Waals surface area contributed by atoms with Gasteiger partial charge in [-0.1, -0.05) is 24.3 Å². The van der Waals surface area contributed by atoms with Gasteiger partial charge in [0.25, 0.3) is 5.91 Å². The smallest absolute Gasteiger partial charge is 0.328 e. The van der Waals surface area contributed by atoms with Crippen molar-refractivity contribution in [2.45, 2.75) is 6.92 Å². The number of hydrogen-bond donors (Lipinski definition) is 2. The van der Waals surface area contributed by atoms with Crippen molar-refractivity contribution >= 4 is 18.0 Å². The van der Waals surface area contributed by atoms with E-state index in [-0.39, 0.29) is 12.5 Å². The Morgan fingerprint density at radius 1 is 1.45 bits per heavy atom. The lowest BCUT2D eigenvalue weighted by Crippen LogP contribution is -2.29. The summed E-state index contributed by atoms with van der Waals surface area (Å²) in [6.07, 6.45) is 4.04. The van der Waals surface area contributed by atoms with Gasteiger partial charge in [-0.05, 0) is 18.6 Å². The molecule has 1 amide bonds. The Balaban J connectivity index is 2.80. The van der Waals surface area contributed by atoms with Crippen molar-refractivity contribution < 1.29 is 19.4 Å². The molecule has 0 heterocycles. The number of carbonyl (C=O) groups excluding carboxylic acids is 1. The van der Waals surface area contributed by atoms with E-state index in [0.717, 1.165) is 11.6 Å². The number of carboxylic acid groups (broad SMARTS) is 1. The van der Waals surface area contributed by atoms with Crippen LogP contribution in [0.25, 0.3) is 6.08 Å². The van der Waals surface area contributed by atoms with Gasteiger partial charge in [-0.3, -0.25) is 4.79 Å². The number of hydrogen-bond acceptors (Lipinski definition) is 3. The first-order valence-electron chi connectivity index (χ1n) is 6.05. The fourth-order valence-electron chi connectivity index (χ4n) is 1.54. The van der Waals surface area contributed by atoms with E-state index >= 15 is 0 Å². The zero-order valence-electron chi connectivity index (χ0n) is 11.3. The predicted molar refractivity (Wildman–Crippen MR) is 76.6 cm³/mol. The maximum atomic E-state index is 11.5. The second kappa shape index (κ2) is 7.78. The van der Waals surface area contributed by atoms with E-state index in [4.69, 9.17) is 9.84 Å². The fourth-order valence-corrected chi connectivity index (χ4v) is 1.54. The molecule has 0 saturated carbocycles. The molecule has 0 saturated heterocycles. The van der Waals surface area contributed by atoms with E-state index in [9.17, 15) is 9.59 Å². The Morgan fingerprint density at radius 2 is 2.20 bits per heavy atom. The molecule has 1 aromatic rings. The van der Waals surface area contributed by atoms with Gasteiger partial charge >= 0.3 is 5.97 Å². The zero-order chi connectivity index (χ0) is 15.0. The molecule has 2 N–H and O–H groups in total. The molecule has 5 nitrogen and oxygen atoms in total. The van der Waals surface area contributed by atoms with Crippen LogP contribution < -0.4 is 10.1 Å². The van der Waals surface area contributed by atoms with Crippen LogP contribution in [-0.4, -0.2) is 30.1 Å². The zero-order valence-corrected chi connectivity index (χ0v) is 11.3. The number of carbonyl (C=O) groups is 2. The third kappa shape index (κ3) is 4.97. The average Bonchev–Trinajstić information content (AvgIpc) is 2.41. The van der Waals surface area contributed by atoms with Crippen LogP contribution in [0, 0.1) is 6.92 Å². The molecule has 0 aliphatic rings. The number of ether oxygens (including phenoxy) is 1. The number of aryl methyl sites for hydroxylation is 1. The maximum absolute atomic E-state index is 11.5. The summed E-state index contributed by atoms with van der Waals surface area (Å²) in [5.74, 6) is -0.804. The van der Waals surface area contributed by atoms with Crippen LogP contribution in [-0.2, 0) is 9.59 Å². The summed E-state index contributed by atoms with van der Waals surface area (Å²) in [6, 6.07) is 5.35. The molecule has 106 valence electrons. The minimum atomic E-state index is -1.04. The Labute approximate surface area is 117 Å². The molecule has 0 unspecified atom stereocenters. The standard InChI is InChI=1S/C15H17NO4/c1-3-9-16-13(17)10-20-15-11(2)5-4-6-12(15)7-8-14(18)19/h3-8H,1,9-10H2,2H3,(H,16,17)(H,18,19)/b8-7+. The van der Waals surface area contributed by atoms with Gasteiger partial charge in [0.1, 0.15) is 5.75 Å². The van der Waals surface area contributed by atoms with Crippen LogP contribution >= 0.6 is 0 Å².